The van der Waals surface area contributed by atoms with Crippen molar-refractivity contribution in [3.63, 3.8) is 0 Å². The van der Waals surface area contributed by atoms with Crippen molar-refractivity contribution < 1.29 is 9.90 Å². The number of carbonyl (C=O) groups excluding carboxylic acids is 1. The van der Waals surface area contributed by atoms with E-state index in [9.17, 15) is 4.79 Å². The first-order chi connectivity index (χ1) is 9.12. The van der Waals surface area contributed by atoms with Gasteiger partial charge in [0.2, 0.25) is 0 Å². The summed E-state index contributed by atoms with van der Waals surface area (Å²) >= 11 is 6.03. The van der Waals surface area contributed by atoms with Crippen LogP contribution in [0.5, 0.6) is 0 Å². The van der Waals surface area contributed by atoms with Gasteiger partial charge in [-0.05, 0) is 32.0 Å². The summed E-state index contributed by atoms with van der Waals surface area (Å²) in [5, 5.41) is 11.9. The smallest absolute Gasteiger partial charge is 0.321 e. The molecular weight excluding hydrogens is 264 g/mol. The average molecular weight is 281 g/mol. The van der Waals surface area contributed by atoms with Gasteiger partial charge in [-0.25, -0.2) is 4.79 Å². The maximum Gasteiger partial charge on any atom is 0.321 e. The molecule has 0 aromatic heterocycles. The van der Waals surface area contributed by atoms with E-state index in [1.807, 2.05) is 13.8 Å². The van der Waals surface area contributed by atoms with E-state index in [0.717, 1.165) is 0 Å². The molecule has 2 amide bonds. The number of hydrogen-bond donors (Lipinski definition) is 2. The Morgan fingerprint density at radius 1 is 1.42 bits per heavy atom. The molecule has 1 rings (SSSR count). The molecule has 0 heterocycles. The summed E-state index contributed by atoms with van der Waals surface area (Å²) in [5.41, 5.74) is 1.21. The average Bonchev–Trinajstić information content (AvgIpc) is 2.41. The molecule has 0 bridgehead atoms. The Kier molecular flexibility index (Phi) is 6.20. The number of carbonyl (C=O) groups is 1. The van der Waals surface area contributed by atoms with Crippen LogP contribution in [0.1, 0.15) is 19.4 Å². The van der Waals surface area contributed by atoms with Crippen LogP contribution in [-0.4, -0.2) is 35.7 Å². The number of nitrogens with zero attached hydrogens (tertiary/aromatic N) is 1. The number of amides is 2. The minimum Gasteiger partial charge on any atom is -0.384 e. The zero-order chi connectivity index (χ0) is 14.3. The molecule has 0 atom stereocenters. The molecule has 19 heavy (non-hydrogen) atoms. The lowest BCUT2D eigenvalue weighted by atomic mass is 10.2. The summed E-state index contributed by atoms with van der Waals surface area (Å²) in [7, 11) is 0. The molecule has 0 fully saturated rings. The highest BCUT2D eigenvalue weighted by atomic mass is 35.5. The lowest BCUT2D eigenvalue weighted by Gasteiger charge is -2.19. The Balaban J connectivity index is 2.90. The molecule has 102 valence electrons. The number of urea groups is 1. The summed E-state index contributed by atoms with van der Waals surface area (Å²) in [4.78, 5) is 13.6. The van der Waals surface area contributed by atoms with Crippen molar-refractivity contribution in [2.75, 3.05) is 25.0 Å². The summed E-state index contributed by atoms with van der Waals surface area (Å²) in [5.74, 6) is 5.32. The second-order valence-corrected chi connectivity index (χ2v) is 4.16. The molecule has 4 nitrogen and oxygen atoms in total. The summed E-state index contributed by atoms with van der Waals surface area (Å²) in [6, 6.07) is 4.89. The predicted octanol–water partition coefficient (Wildman–Crippen LogP) is 2.56. The highest BCUT2D eigenvalue weighted by Crippen LogP contribution is 2.23. The maximum atomic E-state index is 11.9. The fraction of sp³-hybridized carbons (Fsp3) is 0.357. The van der Waals surface area contributed by atoms with E-state index in [1.165, 1.54) is 0 Å². The molecule has 0 spiro atoms. The predicted molar refractivity (Wildman–Crippen MR) is 77.4 cm³/mol. The third-order valence-electron chi connectivity index (χ3n) is 2.57. The Morgan fingerprint density at radius 3 is 2.68 bits per heavy atom. The second kappa shape index (κ2) is 7.67. The Bertz CT molecular complexity index is 502. The third-order valence-corrected chi connectivity index (χ3v) is 2.90. The largest absolute Gasteiger partial charge is 0.384 e. The second-order valence-electron chi connectivity index (χ2n) is 3.76. The first-order valence-electron chi connectivity index (χ1n) is 6.07. The van der Waals surface area contributed by atoms with Gasteiger partial charge in [-0.2, -0.15) is 0 Å². The van der Waals surface area contributed by atoms with Crippen LogP contribution in [0.4, 0.5) is 10.5 Å². The van der Waals surface area contributed by atoms with Crippen LogP contribution < -0.4 is 5.32 Å². The zero-order valence-corrected chi connectivity index (χ0v) is 11.8. The summed E-state index contributed by atoms with van der Waals surface area (Å²) < 4.78 is 0. The molecule has 0 saturated heterocycles. The molecule has 2 N–H and O–H groups in total. The van der Waals surface area contributed by atoms with E-state index >= 15 is 0 Å². The Morgan fingerprint density at radius 2 is 2.11 bits per heavy atom. The van der Waals surface area contributed by atoms with Gasteiger partial charge < -0.3 is 15.3 Å². The van der Waals surface area contributed by atoms with Crippen molar-refractivity contribution in [3.8, 4) is 11.8 Å². The quantitative estimate of drug-likeness (QED) is 0.836. The van der Waals surface area contributed by atoms with E-state index in [0.29, 0.717) is 29.4 Å². The lowest BCUT2D eigenvalue weighted by molar-refractivity contribution is 0.217. The van der Waals surface area contributed by atoms with Gasteiger partial charge in [0.1, 0.15) is 6.61 Å². The van der Waals surface area contributed by atoms with Crippen LogP contribution in [-0.2, 0) is 0 Å². The first-order valence-corrected chi connectivity index (χ1v) is 6.45. The van der Waals surface area contributed by atoms with Crippen LogP contribution in [0.2, 0.25) is 5.02 Å². The number of anilines is 1. The highest BCUT2D eigenvalue weighted by molar-refractivity contribution is 6.33. The SMILES string of the molecule is CCN(CC)C(=O)Nc1cc(C#CCO)ccc1Cl. The van der Waals surface area contributed by atoms with E-state index < -0.39 is 0 Å². The minimum atomic E-state index is -0.205. The van der Waals surface area contributed by atoms with Gasteiger partial charge in [0.15, 0.2) is 0 Å². The van der Waals surface area contributed by atoms with Crippen molar-refractivity contribution >= 4 is 23.3 Å². The van der Waals surface area contributed by atoms with Gasteiger partial charge in [0.25, 0.3) is 0 Å². The number of nitrogens with one attached hydrogen (secondary N) is 1. The molecule has 1 aromatic rings. The van der Waals surface area contributed by atoms with Crippen molar-refractivity contribution in [3.05, 3.63) is 28.8 Å². The van der Waals surface area contributed by atoms with Gasteiger partial charge >= 0.3 is 6.03 Å². The monoisotopic (exact) mass is 280 g/mol. The van der Waals surface area contributed by atoms with Crippen molar-refractivity contribution in [1.29, 1.82) is 0 Å². The number of benzene rings is 1. The van der Waals surface area contributed by atoms with E-state index in [2.05, 4.69) is 17.2 Å². The van der Waals surface area contributed by atoms with Crippen LogP contribution in [0.3, 0.4) is 0 Å². The summed E-state index contributed by atoms with van der Waals surface area (Å²) in [6.45, 7) is 4.87. The molecule has 0 radical (unpaired) electrons. The van der Waals surface area contributed by atoms with Crippen molar-refractivity contribution in [2.45, 2.75) is 13.8 Å². The fourth-order valence-corrected chi connectivity index (χ4v) is 1.71. The van der Waals surface area contributed by atoms with Crippen LogP contribution in [0.15, 0.2) is 18.2 Å². The van der Waals surface area contributed by atoms with Crippen molar-refractivity contribution in [1.82, 2.24) is 4.90 Å². The standard InChI is InChI=1S/C14H17ClN2O2/c1-3-17(4-2)14(19)16-13-10-11(6-5-9-18)7-8-12(13)15/h7-8,10,18H,3-4,9H2,1-2H3,(H,16,19). The number of aliphatic hydroxyl groups excluding tert-OH is 1. The van der Waals surface area contributed by atoms with Gasteiger partial charge in [0, 0.05) is 18.7 Å². The van der Waals surface area contributed by atoms with E-state index in [-0.39, 0.29) is 12.6 Å². The topological polar surface area (TPSA) is 52.6 Å². The zero-order valence-electron chi connectivity index (χ0n) is 11.0. The highest BCUT2D eigenvalue weighted by Gasteiger charge is 2.11. The Hall–Kier alpha value is -1.70. The van der Waals surface area contributed by atoms with E-state index in [1.54, 1.807) is 23.1 Å². The third kappa shape index (κ3) is 4.47. The molecule has 5 heteroatoms. The van der Waals surface area contributed by atoms with Gasteiger partial charge in [0.05, 0.1) is 10.7 Å². The normalized spacial score (nSPS) is 9.47. The van der Waals surface area contributed by atoms with Crippen LogP contribution >= 0.6 is 11.6 Å². The van der Waals surface area contributed by atoms with Gasteiger partial charge in [-0.3, -0.25) is 0 Å². The molecule has 0 aliphatic heterocycles. The first kappa shape index (κ1) is 15.4. The number of rotatable bonds is 3. The minimum absolute atomic E-state index is 0.195. The number of hydrogen-bond acceptors (Lipinski definition) is 2. The van der Waals surface area contributed by atoms with Crippen LogP contribution in [0.25, 0.3) is 0 Å². The Labute approximate surface area is 118 Å². The lowest BCUT2D eigenvalue weighted by Crippen LogP contribution is -2.34. The van der Waals surface area contributed by atoms with Gasteiger partial charge in [-0.15, -0.1) is 0 Å². The molecule has 0 unspecified atom stereocenters. The van der Waals surface area contributed by atoms with Gasteiger partial charge in [-0.1, -0.05) is 23.4 Å². The van der Waals surface area contributed by atoms with Crippen LogP contribution in [0, 0.1) is 11.8 Å². The molecule has 0 aliphatic rings. The number of halogens is 1. The molecule has 0 saturated carbocycles. The molecule has 1 aromatic carbocycles. The van der Waals surface area contributed by atoms with Crippen molar-refractivity contribution in [2.24, 2.45) is 0 Å². The molecular formula is C14H17ClN2O2. The fourth-order valence-electron chi connectivity index (χ4n) is 1.55. The summed E-state index contributed by atoms with van der Waals surface area (Å²) in [6.07, 6.45) is 0. The number of aliphatic hydroxyl groups is 1. The maximum absolute atomic E-state index is 11.9. The van der Waals surface area contributed by atoms with E-state index in [4.69, 9.17) is 16.7 Å². The molecule has 0 aliphatic carbocycles.